The molecule has 0 heterocycles. The fourth-order valence-corrected chi connectivity index (χ4v) is 3.02. The van der Waals surface area contributed by atoms with E-state index in [1.54, 1.807) is 31.2 Å². The minimum Gasteiger partial charge on any atom is -0.479 e. The van der Waals surface area contributed by atoms with Crippen LogP contribution in [0, 0.1) is 5.82 Å². The second-order valence-electron chi connectivity index (χ2n) is 5.79. The van der Waals surface area contributed by atoms with Gasteiger partial charge in [-0.25, -0.2) is 14.0 Å². The number of hydrogen-bond acceptors (Lipinski definition) is 3. The molecule has 1 amide bonds. The molecule has 0 radical (unpaired) electrons. The average Bonchev–Trinajstić information content (AvgIpc) is 2.61. The van der Waals surface area contributed by atoms with Crippen LogP contribution in [0.5, 0.6) is 0 Å². The molecular weight excluding hydrogens is 405 g/mol. The molecule has 1 unspecified atom stereocenters. The van der Waals surface area contributed by atoms with E-state index >= 15 is 0 Å². The Morgan fingerprint density at radius 1 is 1.23 bits per heavy atom. The number of rotatable bonds is 6. The summed E-state index contributed by atoms with van der Waals surface area (Å²) in [6, 6.07) is 13.1. The van der Waals surface area contributed by atoms with Gasteiger partial charge in [-0.2, -0.15) is 0 Å². The number of benzene rings is 2. The second-order valence-corrected chi connectivity index (χ2v) is 6.70. The highest BCUT2D eigenvalue weighted by molar-refractivity contribution is 9.10. The predicted molar refractivity (Wildman–Crippen MR) is 98.1 cm³/mol. The summed E-state index contributed by atoms with van der Waals surface area (Å²) in [5, 5.41) is 9.79. The van der Waals surface area contributed by atoms with E-state index < -0.39 is 23.4 Å². The van der Waals surface area contributed by atoms with Gasteiger partial charge in [-0.1, -0.05) is 52.3 Å². The van der Waals surface area contributed by atoms with E-state index in [1.807, 2.05) is 6.07 Å². The van der Waals surface area contributed by atoms with Gasteiger partial charge in [-0.3, -0.25) is 4.90 Å². The molecule has 0 saturated carbocycles. The Balaban J connectivity index is 2.33. The molecule has 0 aromatic heterocycles. The summed E-state index contributed by atoms with van der Waals surface area (Å²) in [6.07, 6.45) is -0.830. The lowest BCUT2D eigenvalue weighted by molar-refractivity contribution is -0.150. The smallest absolute Gasteiger partial charge is 0.411 e. The van der Waals surface area contributed by atoms with E-state index in [0.29, 0.717) is 4.47 Å². The third kappa shape index (κ3) is 4.04. The second kappa shape index (κ2) is 8.31. The van der Waals surface area contributed by atoms with Crippen molar-refractivity contribution in [3.05, 3.63) is 69.9 Å². The van der Waals surface area contributed by atoms with Crippen LogP contribution in [0.25, 0.3) is 0 Å². The zero-order valence-electron chi connectivity index (χ0n) is 14.4. The van der Waals surface area contributed by atoms with Crippen molar-refractivity contribution in [1.29, 1.82) is 0 Å². The van der Waals surface area contributed by atoms with Crippen LogP contribution in [0.4, 0.5) is 9.18 Å². The lowest BCUT2D eigenvalue weighted by Crippen LogP contribution is -2.53. The first kappa shape index (κ1) is 19.9. The van der Waals surface area contributed by atoms with Crippen LogP contribution in [-0.2, 0) is 21.7 Å². The molecule has 0 bridgehead atoms. The van der Waals surface area contributed by atoms with Crippen molar-refractivity contribution in [3.63, 3.8) is 0 Å². The van der Waals surface area contributed by atoms with Crippen molar-refractivity contribution in [2.75, 3.05) is 6.54 Å². The Labute approximate surface area is 159 Å². The van der Waals surface area contributed by atoms with Gasteiger partial charge in [0.15, 0.2) is 5.54 Å². The van der Waals surface area contributed by atoms with Crippen molar-refractivity contribution < 1.29 is 23.8 Å². The lowest BCUT2D eigenvalue weighted by Gasteiger charge is -2.37. The van der Waals surface area contributed by atoms with Crippen LogP contribution in [0.2, 0.25) is 0 Å². The molecule has 0 aliphatic carbocycles. The van der Waals surface area contributed by atoms with E-state index in [0.717, 1.165) is 10.5 Å². The van der Waals surface area contributed by atoms with Crippen LogP contribution < -0.4 is 0 Å². The van der Waals surface area contributed by atoms with Crippen LogP contribution in [0.1, 0.15) is 25.0 Å². The van der Waals surface area contributed by atoms with Gasteiger partial charge in [0.05, 0.1) is 0 Å². The Morgan fingerprint density at radius 3 is 2.42 bits per heavy atom. The Morgan fingerprint density at radius 2 is 1.88 bits per heavy atom. The molecule has 1 N–H and O–H groups in total. The minimum absolute atomic E-state index is 0.00527. The van der Waals surface area contributed by atoms with Gasteiger partial charge in [0.25, 0.3) is 0 Å². The predicted octanol–water partition coefficient (Wildman–Crippen LogP) is 4.55. The van der Waals surface area contributed by atoms with Crippen molar-refractivity contribution in [1.82, 2.24) is 4.90 Å². The molecule has 0 aliphatic rings. The van der Waals surface area contributed by atoms with E-state index in [-0.39, 0.29) is 18.7 Å². The van der Waals surface area contributed by atoms with E-state index in [4.69, 9.17) is 4.74 Å². The molecule has 2 aromatic rings. The summed E-state index contributed by atoms with van der Waals surface area (Å²) in [5.74, 6) is -2.07. The standard InChI is InChI=1S/C19H19BrFNO4/c1-3-22(18(25)26-12-13-7-5-4-6-8-13)19(2,17(23)24)15-10-9-14(20)11-16(15)21/h4-11H,3,12H2,1-2H3,(H,23,24). The lowest BCUT2D eigenvalue weighted by atomic mass is 9.89. The number of carboxylic acid groups (broad SMARTS) is 1. The SMILES string of the molecule is CCN(C(=O)OCc1ccccc1)C(C)(C(=O)O)c1ccc(Br)cc1F. The number of hydrogen-bond donors (Lipinski definition) is 1. The highest BCUT2D eigenvalue weighted by atomic mass is 79.9. The largest absolute Gasteiger partial charge is 0.479 e. The number of halogens is 2. The summed E-state index contributed by atoms with van der Waals surface area (Å²) in [6.45, 7) is 2.93. The fraction of sp³-hybridized carbons (Fsp3) is 0.263. The van der Waals surface area contributed by atoms with Gasteiger partial charge in [0, 0.05) is 16.6 Å². The van der Waals surface area contributed by atoms with Crippen LogP contribution >= 0.6 is 15.9 Å². The van der Waals surface area contributed by atoms with Gasteiger partial charge in [0.2, 0.25) is 0 Å². The molecule has 26 heavy (non-hydrogen) atoms. The van der Waals surface area contributed by atoms with Crippen molar-refractivity contribution in [2.45, 2.75) is 26.0 Å². The summed E-state index contributed by atoms with van der Waals surface area (Å²) >= 11 is 3.14. The summed E-state index contributed by atoms with van der Waals surface area (Å²) in [4.78, 5) is 25.6. The number of aliphatic carboxylic acids is 1. The summed E-state index contributed by atoms with van der Waals surface area (Å²) in [5.41, 5.74) is -1.26. The normalized spacial score (nSPS) is 12.9. The Kier molecular flexibility index (Phi) is 6.37. The van der Waals surface area contributed by atoms with Crippen molar-refractivity contribution >= 4 is 28.0 Å². The molecule has 5 nitrogen and oxygen atoms in total. The van der Waals surface area contributed by atoms with E-state index in [2.05, 4.69) is 15.9 Å². The maximum atomic E-state index is 14.4. The highest BCUT2D eigenvalue weighted by Gasteiger charge is 2.46. The van der Waals surface area contributed by atoms with E-state index in [9.17, 15) is 19.1 Å². The quantitative estimate of drug-likeness (QED) is 0.739. The monoisotopic (exact) mass is 423 g/mol. The zero-order chi connectivity index (χ0) is 19.3. The number of carbonyl (C=O) groups excluding carboxylic acids is 1. The van der Waals surface area contributed by atoms with Crippen molar-refractivity contribution in [3.8, 4) is 0 Å². The van der Waals surface area contributed by atoms with Gasteiger partial charge in [-0.05, 0) is 31.5 Å². The first-order valence-electron chi connectivity index (χ1n) is 7.98. The topological polar surface area (TPSA) is 66.8 Å². The number of likely N-dealkylation sites (N-methyl/N-ethyl adjacent to an activating group) is 1. The molecule has 138 valence electrons. The molecule has 1 atom stereocenters. The molecule has 2 rings (SSSR count). The first-order chi connectivity index (χ1) is 12.3. The number of nitrogens with zero attached hydrogens (tertiary/aromatic N) is 1. The number of ether oxygens (including phenoxy) is 1. The van der Waals surface area contributed by atoms with Crippen LogP contribution in [0.15, 0.2) is 53.0 Å². The molecule has 7 heteroatoms. The highest BCUT2D eigenvalue weighted by Crippen LogP contribution is 2.33. The van der Waals surface area contributed by atoms with Crippen LogP contribution in [0.3, 0.4) is 0 Å². The molecule has 0 spiro atoms. The molecule has 0 saturated heterocycles. The van der Waals surface area contributed by atoms with Gasteiger partial charge < -0.3 is 9.84 Å². The third-order valence-corrected chi connectivity index (χ3v) is 4.65. The first-order valence-corrected chi connectivity index (χ1v) is 8.77. The molecule has 2 aromatic carbocycles. The molecule has 0 fully saturated rings. The summed E-state index contributed by atoms with van der Waals surface area (Å²) < 4.78 is 20.2. The Hall–Kier alpha value is -2.41. The fourth-order valence-electron chi connectivity index (χ4n) is 2.69. The third-order valence-electron chi connectivity index (χ3n) is 4.15. The number of carboxylic acids is 1. The molecular formula is C19H19BrFNO4. The Bertz CT molecular complexity index is 799. The van der Waals surface area contributed by atoms with Gasteiger partial charge >= 0.3 is 12.1 Å². The number of carbonyl (C=O) groups is 2. The number of amides is 1. The van der Waals surface area contributed by atoms with Gasteiger partial charge in [-0.15, -0.1) is 0 Å². The average molecular weight is 424 g/mol. The zero-order valence-corrected chi connectivity index (χ0v) is 16.0. The minimum atomic E-state index is -1.91. The maximum Gasteiger partial charge on any atom is 0.411 e. The molecule has 0 aliphatic heterocycles. The van der Waals surface area contributed by atoms with E-state index in [1.165, 1.54) is 25.1 Å². The van der Waals surface area contributed by atoms with Crippen molar-refractivity contribution in [2.24, 2.45) is 0 Å². The summed E-state index contributed by atoms with van der Waals surface area (Å²) in [7, 11) is 0. The maximum absolute atomic E-state index is 14.4. The van der Waals surface area contributed by atoms with Gasteiger partial charge in [0.1, 0.15) is 12.4 Å². The van der Waals surface area contributed by atoms with Crippen LogP contribution in [-0.4, -0.2) is 28.6 Å².